The van der Waals surface area contributed by atoms with Gasteiger partial charge >= 0.3 is 18.1 Å². The Balaban J connectivity index is 1.67. The van der Waals surface area contributed by atoms with Crippen LogP contribution in [0.1, 0.15) is 23.7 Å². The first kappa shape index (κ1) is 31.6. The number of benzene rings is 1. The molecule has 2 N–H and O–H groups in total. The van der Waals surface area contributed by atoms with Gasteiger partial charge in [0.2, 0.25) is 5.43 Å². The molecular weight excluding hydrogens is 631 g/mol. The normalized spacial score (nSPS) is 19.5. The zero-order valence-electron chi connectivity index (χ0n) is 22.8. The highest BCUT2D eigenvalue weighted by molar-refractivity contribution is 6.07. The van der Waals surface area contributed by atoms with Crippen molar-refractivity contribution >= 4 is 34.7 Å². The highest BCUT2D eigenvalue weighted by Gasteiger charge is 2.61. The Bertz CT molecular complexity index is 1820. The quantitative estimate of drug-likeness (QED) is 0.323. The number of likely N-dealkylation sites (N-methyl/N-ethyl adjacent to an activating group) is 1. The van der Waals surface area contributed by atoms with E-state index in [0.717, 1.165) is 4.90 Å². The van der Waals surface area contributed by atoms with Gasteiger partial charge in [-0.1, -0.05) is 0 Å². The van der Waals surface area contributed by atoms with Crippen molar-refractivity contribution in [3.05, 3.63) is 63.5 Å². The van der Waals surface area contributed by atoms with Crippen molar-refractivity contribution in [1.29, 1.82) is 0 Å². The van der Waals surface area contributed by atoms with E-state index in [0.29, 0.717) is 16.8 Å². The van der Waals surface area contributed by atoms with Gasteiger partial charge in [0.25, 0.3) is 11.8 Å². The zero-order chi connectivity index (χ0) is 33.4. The smallest absolute Gasteiger partial charge is 0.351 e. The maximum absolute atomic E-state index is 15.5. The Morgan fingerprint density at radius 1 is 1.02 bits per heavy atom. The summed E-state index contributed by atoms with van der Waals surface area (Å²) in [7, 11) is 1.22. The van der Waals surface area contributed by atoms with Crippen LogP contribution < -0.4 is 21.0 Å². The zero-order valence-corrected chi connectivity index (χ0v) is 22.8. The van der Waals surface area contributed by atoms with Crippen molar-refractivity contribution in [2.75, 3.05) is 25.0 Å². The molecule has 19 heteroatoms. The number of aromatic nitrogens is 2. The summed E-state index contributed by atoms with van der Waals surface area (Å²) >= 11 is 0. The van der Waals surface area contributed by atoms with Crippen molar-refractivity contribution in [1.82, 2.24) is 25.1 Å². The van der Waals surface area contributed by atoms with Gasteiger partial charge in [0.1, 0.15) is 22.6 Å². The van der Waals surface area contributed by atoms with Crippen LogP contribution in [0.15, 0.2) is 29.2 Å². The molecule has 4 amide bonds. The second-order valence-corrected chi connectivity index (χ2v) is 10.5. The Hall–Kier alpha value is -4.84. The predicted molar refractivity (Wildman–Crippen MR) is 136 cm³/mol. The fourth-order valence-corrected chi connectivity index (χ4v) is 5.17. The lowest BCUT2D eigenvalue weighted by atomic mass is 9.99. The number of fused-ring (bicyclic) bond motifs is 1. The van der Waals surface area contributed by atoms with Crippen LogP contribution in [0.3, 0.4) is 0 Å². The molecule has 0 bridgehead atoms. The average Bonchev–Trinajstić information content (AvgIpc) is 3.44. The molecule has 2 aliphatic heterocycles. The van der Waals surface area contributed by atoms with Crippen LogP contribution in [0.25, 0.3) is 16.7 Å². The van der Waals surface area contributed by atoms with Crippen LogP contribution in [-0.4, -0.2) is 76.1 Å². The third-order valence-corrected chi connectivity index (χ3v) is 7.58. The molecule has 2 saturated heterocycles. The standard InChI is InChI=1S/C26H19F9N6O4/c1-10(25(31,32)26(33,34)35)36-21(43)13-8-41(17-14(28)5-11(27)6-15(17)29)19-12(18(13)42)7-16(30)20(37-19)40-4-3-24(9-40)22(44)39(2)23(45)38-24/h5-8,10H,3-4,9H2,1-2H3,(H,36,43)(H,38,45). The molecule has 2 aromatic heterocycles. The fourth-order valence-electron chi connectivity index (χ4n) is 5.17. The maximum atomic E-state index is 15.5. The first-order valence-electron chi connectivity index (χ1n) is 12.8. The lowest BCUT2D eigenvalue weighted by Gasteiger charge is -2.26. The molecule has 0 aliphatic carbocycles. The number of pyridine rings is 2. The minimum atomic E-state index is -6.11. The van der Waals surface area contributed by atoms with Gasteiger partial charge in [0.15, 0.2) is 28.9 Å². The minimum Gasteiger partial charge on any atom is -0.351 e. The summed E-state index contributed by atoms with van der Waals surface area (Å²) in [6, 6.07) is -2.78. The van der Waals surface area contributed by atoms with Crippen molar-refractivity contribution in [2.24, 2.45) is 0 Å². The Morgan fingerprint density at radius 3 is 2.20 bits per heavy atom. The van der Waals surface area contributed by atoms with E-state index < -0.39 is 98.3 Å². The van der Waals surface area contributed by atoms with Crippen LogP contribution >= 0.6 is 0 Å². The van der Waals surface area contributed by atoms with Gasteiger partial charge in [-0.05, 0) is 19.4 Å². The van der Waals surface area contributed by atoms with Crippen LogP contribution in [0.4, 0.5) is 50.1 Å². The number of alkyl halides is 5. The molecule has 0 radical (unpaired) electrons. The van der Waals surface area contributed by atoms with Gasteiger partial charge in [-0.3, -0.25) is 23.9 Å². The van der Waals surface area contributed by atoms with Crippen molar-refractivity contribution < 1.29 is 53.9 Å². The summed E-state index contributed by atoms with van der Waals surface area (Å²) in [4.78, 5) is 56.8. The number of carbonyl (C=O) groups excluding carboxylic acids is 3. The molecule has 2 unspecified atom stereocenters. The summed E-state index contributed by atoms with van der Waals surface area (Å²) in [6.07, 6.45) is -5.76. The van der Waals surface area contributed by atoms with Crippen molar-refractivity contribution in [3.63, 3.8) is 0 Å². The van der Waals surface area contributed by atoms with Crippen molar-refractivity contribution in [2.45, 2.75) is 37.0 Å². The number of urea groups is 1. The first-order valence-corrected chi connectivity index (χ1v) is 12.8. The molecule has 1 spiro atoms. The van der Waals surface area contributed by atoms with E-state index in [1.807, 2.05) is 0 Å². The lowest BCUT2D eigenvalue weighted by molar-refractivity contribution is -0.290. The van der Waals surface area contributed by atoms with E-state index >= 15 is 4.39 Å². The highest BCUT2D eigenvalue weighted by Crippen LogP contribution is 2.38. The molecule has 0 saturated carbocycles. The van der Waals surface area contributed by atoms with Gasteiger partial charge in [0.05, 0.1) is 18.0 Å². The maximum Gasteiger partial charge on any atom is 0.455 e. The van der Waals surface area contributed by atoms with Gasteiger partial charge in [-0.25, -0.2) is 27.3 Å². The minimum absolute atomic E-state index is 0.0189. The molecule has 2 atom stereocenters. The SMILES string of the molecule is CC(NC(=O)c1cn(-c2c(F)cc(F)cc2F)c2nc(N3CCC4(C3)NC(=O)N(C)C4=O)c(F)cc2c1=O)C(F)(F)C(F)(F)F. The summed E-state index contributed by atoms with van der Waals surface area (Å²) < 4.78 is 126. The highest BCUT2D eigenvalue weighted by atomic mass is 19.4. The number of hydrogen-bond donors (Lipinski definition) is 2. The molecule has 2 fully saturated rings. The topological polar surface area (TPSA) is 117 Å². The first-order chi connectivity index (χ1) is 20.8. The number of amides is 4. The average molecular weight is 650 g/mol. The largest absolute Gasteiger partial charge is 0.455 e. The van der Waals surface area contributed by atoms with Gasteiger partial charge in [-0.15, -0.1) is 0 Å². The third kappa shape index (κ3) is 4.98. The van der Waals surface area contributed by atoms with E-state index in [1.165, 1.54) is 17.3 Å². The molecule has 1 aromatic carbocycles. The summed E-state index contributed by atoms with van der Waals surface area (Å²) in [5.74, 6) is -14.5. The van der Waals surface area contributed by atoms with E-state index in [9.17, 15) is 54.3 Å². The number of hydrogen-bond acceptors (Lipinski definition) is 6. The van der Waals surface area contributed by atoms with Crippen molar-refractivity contribution in [3.8, 4) is 5.69 Å². The van der Waals surface area contributed by atoms with Crippen LogP contribution in [0, 0.1) is 23.3 Å². The Labute approximate surface area is 245 Å². The number of nitrogens with zero attached hydrogens (tertiary/aromatic N) is 4. The predicted octanol–water partition coefficient (Wildman–Crippen LogP) is 3.39. The monoisotopic (exact) mass is 650 g/mol. The Morgan fingerprint density at radius 2 is 1.64 bits per heavy atom. The molecular formula is C26H19F9N6O4. The van der Waals surface area contributed by atoms with Crippen LogP contribution in [0.5, 0.6) is 0 Å². The van der Waals surface area contributed by atoms with Gasteiger partial charge in [-0.2, -0.15) is 22.0 Å². The molecule has 4 heterocycles. The molecule has 3 aromatic rings. The fraction of sp³-hybridized carbons (Fsp3) is 0.346. The van der Waals surface area contributed by atoms with Crippen LogP contribution in [0.2, 0.25) is 0 Å². The second kappa shape index (κ2) is 10.4. The lowest BCUT2D eigenvalue weighted by Crippen LogP contribution is -2.54. The van der Waals surface area contributed by atoms with E-state index in [4.69, 9.17) is 0 Å². The molecule has 10 nitrogen and oxygen atoms in total. The van der Waals surface area contributed by atoms with Gasteiger partial charge < -0.3 is 15.5 Å². The number of anilines is 1. The second-order valence-electron chi connectivity index (χ2n) is 10.5. The van der Waals surface area contributed by atoms with E-state index in [2.05, 4.69) is 10.3 Å². The number of rotatable bonds is 5. The number of nitrogens with one attached hydrogen (secondary N) is 2. The molecule has 240 valence electrons. The molecule has 2 aliphatic rings. The van der Waals surface area contributed by atoms with Gasteiger partial charge in [0, 0.05) is 31.9 Å². The third-order valence-electron chi connectivity index (χ3n) is 7.58. The summed E-state index contributed by atoms with van der Waals surface area (Å²) in [5.41, 5.74) is -6.11. The molecule has 45 heavy (non-hydrogen) atoms. The number of halogens is 9. The Kier molecular flexibility index (Phi) is 7.28. The van der Waals surface area contributed by atoms with E-state index in [1.54, 1.807) is 0 Å². The van der Waals surface area contributed by atoms with Crippen LogP contribution in [-0.2, 0) is 4.79 Å². The summed E-state index contributed by atoms with van der Waals surface area (Å²) in [6.45, 7) is -0.132. The summed E-state index contributed by atoms with van der Waals surface area (Å²) in [5, 5.41) is 2.93. The number of imide groups is 1. The number of carbonyl (C=O) groups is 3. The van der Waals surface area contributed by atoms with E-state index in [-0.39, 0.29) is 38.6 Å². The molecule has 5 rings (SSSR count).